The maximum atomic E-state index is 10.7. The molecule has 1 N–H and O–H groups in total. The van der Waals surface area contributed by atoms with Crippen molar-refractivity contribution < 1.29 is 9.90 Å². The molecule has 0 spiro atoms. The highest BCUT2D eigenvalue weighted by Crippen LogP contribution is 2.42. The Morgan fingerprint density at radius 3 is 2.39 bits per heavy atom. The lowest BCUT2D eigenvalue weighted by atomic mass is 9.86. The fourth-order valence-electron chi connectivity index (χ4n) is 2.99. The van der Waals surface area contributed by atoms with E-state index in [9.17, 15) is 4.79 Å². The normalized spacial score (nSPS) is 18.6. The van der Waals surface area contributed by atoms with Gasteiger partial charge < -0.3 is 5.11 Å². The molecule has 0 bridgehead atoms. The van der Waals surface area contributed by atoms with Crippen LogP contribution in [0, 0.1) is 17.8 Å². The molecule has 2 unspecified atom stereocenters. The Morgan fingerprint density at radius 1 is 1.17 bits per heavy atom. The number of aliphatic carboxylic acids is 1. The average Bonchev–Trinajstić information content (AvgIpc) is 3.16. The van der Waals surface area contributed by atoms with Gasteiger partial charge in [0.05, 0.1) is 0 Å². The van der Waals surface area contributed by atoms with Crippen LogP contribution in [0.2, 0.25) is 0 Å². The standard InChI is InChI=1S/C16H30O2/c1-3-5-6-13(4-2)7-8-14(15-9-10-15)11-12-16(17)18/h13-15H,3-12H2,1-2H3,(H,17,18). The Labute approximate surface area is 112 Å². The molecule has 0 amide bonds. The van der Waals surface area contributed by atoms with Gasteiger partial charge in [-0.25, -0.2) is 0 Å². The third kappa shape index (κ3) is 6.42. The van der Waals surface area contributed by atoms with Crippen molar-refractivity contribution in [2.24, 2.45) is 17.8 Å². The molecule has 0 radical (unpaired) electrons. The first-order valence-corrected chi connectivity index (χ1v) is 7.89. The maximum Gasteiger partial charge on any atom is 0.303 e. The molecule has 0 heterocycles. The maximum absolute atomic E-state index is 10.7. The molecule has 0 aromatic rings. The van der Waals surface area contributed by atoms with Crippen LogP contribution in [-0.2, 0) is 4.79 Å². The Morgan fingerprint density at radius 2 is 1.89 bits per heavy atom. The zero-order valence-electron chi connectivity index (χ0n) is 12.2. The van der Waals surface area contributed by atoms with Gasteiger partial charge in [0.25, 0.3) is 0 Å². The van der Waals surface area contributed by atoms with Crippen LogP contribution >= 0.6 is 0 Å². The Balaban J connectivity index is 2.24. The van der Waals surface area contributed by atoms with Crippen LogP contribution < -0.4 is 0 Å². The summed E-state index contributed by atoms with van der Waals surface area (Å²) in [4.78, 5) is 10.7. The zero-order chi connectivity index (χ0) is 13.4. The van der Waals surface area contributed by atoms with Crippen molar-refractivity contribution >= 4 is 5.97 Å². The highest BCUT2D eigenvalue weighted by Gasteiger charge is 2.31. The van der Waals surface area contributed by atoms with Gasteiger partial charge in [-0.3, -0.25) is 4.79 Å². The number of rotatable bonds is 11. The van der Waals surface area contributed by atoms with E-state index in [4.69, 9.17) is 5.11 Å². The molecule has 1 saturated carbocycles. The summed E-state index contributed by atoms with van der Waals surface area (Å²) in [6.07, 6.45) is 11.8. The molecule has 18 heavy (non-hydrogen) atoms. The van der Waals surface area contributed by atoms with E-state index in [0.29, 0.717) is 12.3 Å². The summed E-state index contributed by atoms with van der Waals surface area (Å²) in [7, 11) is 0. The predicted molar refractivity (Wildman–Crippen MR) is 75.6 cm³/mol. The fourth-order valence-corrected chi connectivity index (χ4v) is 2.99. The van der Waals surface area contributed by atoms with Crippen molar-refractivity contribution in [2.75, 3.05) is 0 Å². The first-order valence-electron chi connectivity index (χ1n) is 7.89. The van der Waals surface area contributed by atoms with Crippen LogP contribution in [0.1, 0.15) is 78.1 Å². The average molecular weight is 254 g/mol. The van der Waals surface area contributed by atoms with E-state index in [0.717, 1.165) is 18.3 Å². The monoisotopic (exact) mass is 254 g/mol. The van der Waals surface area contributed by atoms with E-state index in [1.165, 1.54) is 51.4 Å². The summed E-state index contributed by atoms with van der Waals surface area (Å²) in [6, 6.07) is 0. The van der Waals surface area contributed by atoms with Gasteiger partial charge in [-0.05, 0) is 43.4 Å². The van der Waals surface area contributed by atoms with Gasteiger partial charge >= 0.3 is 5.97 Å². The van der Waals surface area contributed by atoms with Gasteiger partial charge in [-0.2, -0.15) is 0 Å². The number of carboxylic acids is 1. The molecule has 1 aliphatic carbocycles. The van der Waals surface area contributed by atoms with E-state index in [-0.39, 0.29) is 0 Å². The van der Waals surface area contributed by atoms with Gasteiger partial charge in [0.1, 0.15) is 0 Å². The smallest absolute Gasteiger partial charge is 0.303 e. The Hall–Kier alpha value is -0.530. The molecule has 2 nitrogen and oxygen atoms in total. The molecule has 0 aromatic carbocycles. The molecule has 2 heteroatoms. The minimum Gasteiger partial charge on any atom is -0.481 e. The van der Waals surface area contributed by atoms with Crippen LogP contribution in [-0.4, -0.2) is 11.1 Å². The van der Waals surface area contributed by atoms with Crippen LogP contribution in [0.5, 0.6) is 0 Å². The summed E-state index contributed by atoms with van der Waals surface area (Å²) >= 11 is 0. The highest BCUT2D eigenvalue weighted by molar-refractivity contribution is 5.66. The van der Waals surface area contributed by atoms with Crippen molar-refractivity contribution in [3.63, 3.8) is 0 Å². The minimum absolute atomic E-state index is 0.368. The van der Waals surface area contributed by atoms with Gasteiger partial charge in [0.2, 0.25) is 0 Å². The summed E-state index contributed by atoms with van der Waals surface area (Å²) in [5.41, 5.74) is 0. The summed E-state index contributed by atoms with van der Waals surface area (Å²) in [5, 5.41) is 8.80. The second-order valence-corrected chi connectivity index (χ2v) is 6.02. The molecule has 2 atom stereocenters. The zero-order valence-corrected chi connectivity index (χ0v) is 12.2. The summed E-state index contributed by atoms with van der Waals surface area (Å²) in [5.74, 6) is 1.79. The van der Waals surface area contributed by atoms with E-state index in [1.807, 2.05) is 0 Å². The molecule has 0 aliphatic heterocycles. The molecule has 0 aromatic heterocycles. The minimum atomic E-state index is -0.626. The topological polar surface area (TPSA) is 37.3 Å². The SMILES string of the molecule is CCCCC(CC)CCC(CCC(=O)O)C1CC1. The van der Waals surface area contributed by atoms with Gasteiger partial charge in [0, 0.05) is 6.42 Å². The molecule has 1 aliphatic rings. The van der Waals surface area contributed by atoms with Crippen molar-refractivity contribution in [3.8, 4) is 0 Å². The molecule has 1 rings (SSSR count). The van der Waals surface area contributed by atoms with Gasteiger partial charge in [-0.1, -0.05) is 46.0 Å². The molecular weight excluding hydrogens is 224 g/mol. The lowest BCUT2D eigenvalue weighted by Gasteiger charge is -2.20. The molecule has 106 valence electrons. The van der Waals surface area contributed by atoms with Gasteiger partial charge in [0.15, 0.2) is 0 Å². The van der Waals surface area contributed by atoms with E-state index in [1.54, 1.807) is 0 Å². The van der Waals surface area contributed by atoms with Crippen LogP contribution in [0.15, 0.2) is 0 Å². The van der Waals surface area contributed by atoms with E-state index >= 15 is 0 Å². The third-order valence-corrected chi connectivity index (χ3v) is 4.51. The molecule has 0 saturated heterocycles. The lowest BCUT2D eigenvalue weighted by molar-refractivity contribution is -0.137. The number of hydrogen-bond acceptors (Lipinski definition) is 1. The second-order valence-electron chi connectivity index (χ2n) is 6.02. The van der Waals surface area contributed by atoms with Crippen molar-refractivity contribution in [3.05, 3.63) is 0 Å². The van der Waals surface area contributed by atoms with Crippen molar-refractivity contribution in [1.29, 1.82) is 0 Å². The molecule has 1 fully saturated rings. The second kappa shape index (κ2) is 8.55. The Kier molecular flexibility index (Phi) is 7.38. The Bertz CT molecular complexity index is 233. The van der Waals surface area contributed by atoms with Crippen LogP contribution in [0.4, 0.5) is 0 Å². The van der Waals surface area contributed by atoms with E-state index < -0.39 is 5.97 Å². The number of unbranched alkanes of at least 4 members (excludes halogenated alkanes) is 1. The number of hydrogen-bond donors (Lipinski definition) is 1. The largest absolute Gasteiger partial charge is 0.481 e. The quantitative estimate of drug-likeness (QED) is 0.571. The lowest BCUT2D eigenvalue weighted by Crippen LogP contribution is -2.09. The van der Waals surface area contributed by atoms with Crippen molar-refractivity contribution in [1.82, 2.24) is 0 Å². The van der Waals surface area contributed by atoms with Crippen molar-refractivity contribution in [2.45, 2.75) is 78.1 Å². The van der Waals surface area contributed by atoms with Crippen LogP contribution in [0.3, 0.4) is 0 Å². The summed E-state index contributed by atoms with van der Waals surface area (Å²) < 4.78 is 0. The highest BCUT2D eigenvalue weighted by atomic mass is 16.4. The number of carboxylic acid groups (broad SMARTS) is 1. The summed E-state index contributed by atoms with van der Waals surface area (Å²) in [6.45, 7) is 4.55. The van der Waals surface area contributed by atoms with Gasteiger partial charge in [-0.15, -0.1) is 0 Å². The number of carbonyl (C=O) groups is 1. The van der Waals surface area contributed by atoms with E-state index in [2.05, 4.69) is 13.8 Å². The third-order valence-electron chi connectivity index (χ3n) is 4.51. The first kappa shape index (κ1) is 15.5. The molecular formula is C16H30O2. The first-order chi connectivity index (χ1) is 8.67. The van der Waals surface area contributed by atoms with Crippen LogP contribution in [0.25, 0.3) is 0 Å². The predicted octanol–water partition coefficient (Wildman–Crippen LogP) is 4.87. The fraction of sp³-hybridized carbons (Fsp3) is 0.938.